The minimum Gasteiger partial charge on any atom is -0.485 e. The van der Waals surface area contributed by atoms with Gasteiger partial charge in [0, 0.05) is 30.2 Å². The number of fused-ring (bicyclic) bond motifs is 5. The van der Waals surface area contributed by atoms with Crippen molar-refractivity contribution in [2.75, 3.05) is 7.11 Å². The first-order valence-electron chi connectivity index (χ1n) is 14.4. The van der Waals surface area contributed by atoms with Crippen LogP contribution in [0.1, 0.15) is 104 Å². The van der Waals surface area contributed by atoms with E-state index in [4.69, 9.17) is 14.9 Å². The highest BCUT2D eigenvalue weighted by Gasteiger charge is 2.47. The van der Waals surface area contributed by atoms with E-state index in [-0.39, 0.29) is 30.3 Å². The van der Waals surface area contributed by atoms with E-state index in [1.165, 1.54) is 4.90 Å². The first kappa shape index (κ1) is 27.5. The number of benzene rings is 2. The van der Waals surface area contributed by atoms with Crippen LogP contribution in [0.2, 0.25) is 0 Å². The van der Waals surface area contributed by atoms with Gasteiger partial charge in [-0.2, -0.15) is 0 Å². The monoisotopic (exact) mass is 558 g/mol. The average molecular weight is 559 g/mol. The maximum absolute atomic E-state index is 13.7. The zero-order valence-corrected chi connectivity index (χ0v) is 24.0. The fourth-order valence-electron chi connectivity index (χ4n) is 6.83. The number of aliphatic hydroxyl groups excluding tert-OH is 1. The smallest absolute Gasteiger partial charge is 0.251 e. The Kier molecular flexibility index (Phi) is 6.70. The van der Waals surface area contributed by atoms with Gasteiger partial charge in [0.05, 0.1) is 24.6 Å². The molecule has 1 fully saturated rings. The third-order valence-corrected chi connectivity index (χ3v) is 9.30. The van der Waals surface area contributed by atoms with Crippen LogP contribution in [0.3, 0.4) is 0 Å². The summed E-state index contributed by atoms with van der Waals surface area (Å²) in [5.41, 5.74) is 2.34. The van der Waals surface area contributed by atoms with Crippen molar-refractivity contribution < 1.29 is 24.2 Å². The summed E-state index contributed by atoms with van der Waals surface area (Å²) >= 11 is 0. The quantitative estimate of drug-likeness (QED) is 0.429. The van der Waals surface area contributed by atoms with Gasteiger partial charge in [0.15, 0.2) is 5.96 Å². The molecule has 4 N–H and O–H groups in total. The lowest BCUT2D eigenvalue weighted by Crippen LogP contribution is -2.62. The molecule has 2 amide bonds. The second-order valence-electron chi connectivity index (χ2n) is 12.2. The average Bonchev–Trinajstić information content (AvgIpc) is 3.30. The molecule has 0 spiro atoms. The van der Waals surface area contributed by atoms with Gasteiger partial charge in [0.25, 0.3) is 5.91 Å². The van der Waals surface area contributed by atoms with Gasteiger partial charge in [-0.25, -0.2) is 0 Å². The summed E-state index contributed by atoms with van der Waals surface area (Å²) in [4.78, 5) is 29.0. The summed E-state index contributed by atoms with van der Waals surface area (Å²) in [6.07, 6.45) is 5.74. The predicted molar refractivity (Wildman–Crippen MR) is 155 cm³/mol. The van der Waals surface area contributed by atoms with E-state index in [1.54, 1.807) is 19.2 Å². The van der Waals surface area contributed by atoms with E-state index in [1.807, 2.05) is 51.1 Å². The molecule has 41 heavy (non-hydrogen) atoms. The molecule has 7 rings (SSSR count). The number of amides is 2. The fraction of sp³-hybridized carbons (Fsp3) is 0.469. The maximum Gasteiger partial charge on any atom is 0.251 e. The molecule has 5 atom stereocenters. The molecule has 216 valence electrons. The van der Waals surface area contributed by atoms with E-state index in [0.29, 0.717) is 37.0 Å². The van der Waals surface area contributed by atoms with Gasteiger partial charge in [0.2, 0.25) is 5.91 Å². The van der Waals surface area contributed by atoms with Gasteiger partial charge < -0.3 is 25.2 Å². The summed E-state index contributed by atoms with van der Waals surface area (Å²) < 4.78 is 11.9. The highest BCUT2D eigenvalue weighted by molar-refractivity contribution is 6.00. The standard InChI is InChI=1S/C32H38N4O5/c1-5-32-13-7-6-8-18-9-12-24-22(14-18)27(28(38)31(2,3)41-24)34-29(39)19-10-11-20-21(15-19)23(16-25(20)40-4)36(26(37)17-32)30(33)35-32/h6,8-12,14-15,23,25,27-28,38H,5,7,13,16-17H2,1-4H3,(H2,33,35)(H,34,39)/b8-6-/t23-,25-,27-,28+,32-/m1/s1. The van der Waals surface area contributed by atoms with Crippen molar-refractivity contribution in [3.63, 3.8) is 0 Å². The van der Waals surface area contributed by atoms with Crippen LogP contribution in [0.4, 0.5) is 0 Å². The zero-order valence-electron chi connectivity index (χ0n) is 24.0. The molecule has 0 saturated carbocycles. The van der Waals surface area contributed by atoms with Gasteiger partial charge in [-0.05, 0) is 74.1 Å². The molecule has 6 bridgehead atoms. The number of ether oxygens (including phenoxy) is 2. The van der Waals surface area contributed by atoms with Crippen molar-refractivity contribution in [3.8, 4) is 5.75 Å². The number of carbonyl (C=O) groups is 2. The highest BCUT2D eigenvalue weighted by Crippen LogP contribution is 2.46. The normalized spacial score (nSPS) is 31.0. The first-order valence-corrected chi connectivity index (χ1v) is 14.4. The second-order valence-corrected chi connectivity index (χ2v) is 12.2. The summed E-state index contributed by atoms with van der Waals surface area (Å²) in [5.74, 6) is 0.273. The lowest BCUT2D eigenvalue weighted by molar-refractivity contribution is -0.133. The number of aliphatic hydroxyl groups is 1. The largest absolute Gasteiger partial charge is 0.485 e. The molecule has 9 heteroatoms. The highest BCUT2D eigenvalue weighted by atomic mass is 16.5. The molecule has 0 aromatic heterocycles. The molecule has 1 saturated heterocycles. The minimum atomic E-state index is -0.987. The van der Waals surface area contributed by atoms with Crippen molar-refractivity contribution >= 4 is 23.8 Å². The molecule has 2 aromatic rings. The van der Waals surface area contributed by atoms with Gasteiger partial charge in [0.1, 0.15) is 17.5 Å². The van der Waals surface area contributed by atoms with Crippen LogP contribution >= 0.6 is 0 Å². The van der Waals surface area contributed by atoms with E-state index in [9.17, 15) is 14.7 Å². The third-order valence-electron chi connectivity index (χ3n) is 9.30. The summed E-state index contributed by atoms with van der Waals surface area (Å²) in [7, 11) is 1.64. The molecule has 4 aliphatic heterocycles. The van der Waals surface area contributed by atoms with Crippen molar-refractivity contribution in [2.45, 2.75) is 88.3 Å². The second kappa shape index (κ2) is 9.99. The molecule has 1 aliphatic carbocycles. The van der Waals surface area contributed by atoms with Gasteiger partial charge in [-0.15, -0.1) is 0 Å². The number of hydrogen-bond donors (Lipinski definition) is 4. The molecule has 0 unspecified atom stereocenters. The lowest BCUT2D eigenvalue weighted by Gasteiger charge is -2.44. The van der Waals surface area contributed by atoms with E-state index < -0.39 is 29.3 Å². The Balaban J connectivity index is 1.47. The summed E-state index contributed by atoms with van der Waals surface area (Å²) in [6.45, 7) is 5.67. The molecular weight excluding hydrogens is 520 g/mol. The number of allylic oxidation sites excluding steroid dienone is 1. The maximum atomic E-state index is 13.7. The van der Waals surface area contributed by atoms with Crippen LogP contribution in [-0.2, 0) is 9.53 Å². The summed E-state index contributed by atoms with van der Waals surface area (Å²) in [6, 6.07) is 10.1. The van der Waals surface area contributed by atoms with Crippen molar-refractivity contribution in [2.24, 2.45) is 0 Å². The van der Waals surface area contributed by atoms with Crippen LogP contribution in [0, 0.1) is 5.41 Å². The fourth-order valence-corrected chi connectivity index (χ4v) is 6.83. The van der Waals surface area contributed by atoms with E-state index in [2.05, 4.69) is 16.7 Å². The number of hydrogen-bond acceptors (Lipinski definition) is 6. The molecule has 5 aliphatic rings. The zero-order chi connectivity index (χ0) is 29.1. The van der Waals surface area contributed by atoms with Crippen LogP contribution in [-0.4, -0.2) is 52.1 Å². The van der Waals surface area contributed by atoms with Gasteiger partial charge in [-0.1, -0.05) is 31.2 Å². The number of methoxy groups -OCH3 is 1. The number of carbonyl (C=O) groups excluding carboxylic acids is 2. The van der Waals surface area contributed by atoms with Crippen LogP contribution in [0.15, 0.2) is 42.5 Å². The molecule has 2 aromatic carbocycles. The van der Waals surface area contributed by atoms with Crippen LogP contribution < -0.4 is 15.4 Å². The molecule has 0 radical (unpaired) electrons. The Labute approximate surface area is 240 Å². The number of guanidine groups is 1. The Morgan fingerprint density at radius 1 is 1.15 bits per heavy atom. The van der Waals surface area contributed by atoms with Gasteiger partial charge >= 0.3 is 0 Å². The topological polar surface area (TPSA) is 124 Å². The first-order chi connectivity index (χ1) is 19.6. The molecule has 4 heterocycles. The van der Waals surface area contributed by atoms with E-state index in [0.717, 1.165) is 22.3 Å². The molecular formula is C32H38N4O5. The Morgan fingerprint density at radius 2 is 1.95 bits per heavy atom. The Hall–Kier alpha value is -3.69. The minimum absolute atomic E-state index is 0.0866. The van der Waals surface area contributed by atoms with Crippen LogP contribution in [0.25, 0.3) is 6.08 Å². The van der Waals surface area contributed by atoms with Crippen molar-refractivity contribution in [3.05, 3.63) is 70.3 Å². The van der Waals surface area contributed by atoms with E-state index >= 15 is 0 Å². The number of rotatable bonds is 2. The SMILES string of the molecule is CC[C@]12CC/C=C\c3ccc4c(c3)[C@@H](NC(=O)c3ccc5c(c3)[C@@H](C[C@H]5OC)N(C(=N)N1)C(=O)C2)[C@H](O)C(C)(C)O4. The Bertz CT molecular complexity index is 1430. The van der Waals surface area contributed by atoms with Crippen molar-refractivity contribution in [1.29, 1.82) is 5.41 Å². The number of nitrogens with one attached hydrogen (secondary N) is 3. The summed E-state index contributed by atoms with van der Waals surface area (Å²) in [5, 5.41) is 26.7. The van der Waals surface area contributed by atoms with Gasteiger partial charge in [-0.3, -0.25) is 19.9 Å². The number of nitrogens with zero attached hydrogens (tertiary/aromatic N) is 1. The van der Waals surface area contributed by atoms with Crippen molar-refractivity contribution in [1.82, 2.24) is 15.5 Å². The lowest BCUT2D eigenvalue weighted by atomic mass is 9.84. The third kappa shape index (κ3) is 4.61. The predicted octanol–water partition coefficient (Wildman–Crippen LogP) is 4.53. The Morgan fingerprint density at radius 3 is 2.68 bits per heavy atom. The molecule has 9 nitrogen and oxygen atoms in total. The van der Waals surface area contributed by atoms with Crippen LogP contribution in [0.5, 0.6) is 5.75 Å².